The highest BCUT2D eigenvalue weighted by molar-refractivity contribution is 5.83. The van der Waals surface area contributed by atoms with Crippen LogP contribution >= 0.6 is 0 Å². The first kappa shape index (κ1) is 10.2. The molecule has 0 radical (unpaired) electrons. The van der Waals surface area contributed by atoms with E-state index >= 15 is 0 Å². The number of primary amides is 1. The molecule has 0 aliphatic heterocycles. The Kier molecular flexibility index (Phi) is 3.23. The minimum atomic E-state index is -0.661. The van der Waals surface area contributed by atoms with Crippen LogP contribution in [0.2, 0.25) is 0 Å². The maximum Gasteiger partial charge on any atom is 0.332 e. The monoisotopic (exact) mass is 191 g/mol. The SMILES string of the molecule is Cc1cccc(C=NNC(N)=O)c1C. The van der Waals surface area contributed by atoms with Crippen molar-refractivity contribution in [3.05, 3.63) is 34.9 Å². The molecule has 0 aliphatic rings. The van der Waals surface area contributed by atoms with Crippen molar-refractivity contribution < 1.29 is 4.79 Å². The summed E-state index contributed by atoms with van der Waals surface area (Å²) in [7, 11) is 0. The van der Waals surface area contributed by atoms with Crippen molar-refractivity contribution in [2.75, 3.05) is 0 Å². The third-order valence-corrected chi connectivity index (χ3v) is 2.02. The highest BCUT2D eigenvalue weighted by atomic mass is 16.2. The van der Waals surface area contributed by atoms with Crippen LogP contribution in [0, 0.1) is 13.8 Å². The van der Waals surface area contributed by atoms with E-state index in [1.54, 1.807) is 6.21 Å². The van der Waals surface area contributed by atoms with E-state index in [1.165, 1.54) is 5.56 Å². The van der Waals surface area contributed by atoms with Gasteiger partial charge in [0.25, 0.3) is 0 Å². The van der Waals surface area contributed by atoms with Crippen molar-refractivity contribution in [1.29, 1.82) is 0 Å². The Labute approximate surface area is 82.8 Å². The van der Waals surface area contributed by atoms with Gasteiger partial charge in [0.1, 0.15) is 0 Å². The highest BCUT2D eigenvalue weighted by Gasteiger charge is 1.96. The maximum atomic E-state index is 10.3. The minimum absolute atomic E-state index is 0.661. The van der Waals surface area contributed by atoms with E-state index in [2.05, 4.69) is 10.5 Å². The number of carbonyl (C=O) groups is 1. The molecule has 0 aliphatic carbocycles. The first-order valence-corrected chi connectivity index (χ1v) is 4.26. The number of hydrogen-bond donors (Lipinski definition) is 2. The lowest BCUT2D eigenvalue weighted by Gasteiger charge is -2.02. The summed E-state index contributed by atoms with van der Waals surface area (Å²) in [5, 5.41) is 3.69. The summed E-state index contributed by atoms with van der Waals surface area (Å²) < 4.78 is 0. The molecule has 0 spiro atoms. The van der Waals surface area contributed by atoms with Crippen molar-refractivity contribution in [2.45, 2.75) is 13.8 Å². The van der Waals surface area contributed by atoms with Gasteiger partial charge in [-0.25, -0.2) is 10.2 Å². The van der Waals surface area contributed by atoms with Gasteiger partial charge in [-0.05, 0) is 30.5 Å². The molecule has 0 heterocycles. The Balaban J connectivity index is 2.81. The van der Waals surface area contributed by atoms with Crippen LogP contribution in [0.25, 0.3) is 0 Å². The number of rotatable bonds is 2. The Morgan fingerprint density at radius 1 is 1.50 bits per heavy atom. The largest absolute Gasteiger partial charge is 0.350 e. The van der Waals surface area contributed by atoms with Crippen LogP contribution in [0.1, 0.15) is 16.7 Å². The lowest BCUT2D eigenvalue weighted by atomic mass is 10.0. The molecule has 0 atom stereocenters. The predicted molar refractivity (Wildman–Crippen MR) is 56.2 cm³/mol. The van der Waals surface area contributed by atoms with E-state index in [4.69, 9.17) is 5.73 Å². The second kappa shape index (κ2) is 4.41. The third kappa shape index (κ3) is 2.58. The summed E-state index contributed by atoms with van der Waals surface area (Å²) in [6, 6.07) is 5.22. The van der Waals surface area contributed by atoms with E-state index in [0.717, 1.165) is 11.1 Å². The highest BCUT2D eigenvalue weighted by Crippen LogP contribution is 2.09. The van der Waals surface area contributed by atoms with Gasteiger partial charge in [0.05, 0.1) is 6.21 Å². The molecule has 74 valence electrons. The van der Waals surface area contributed by atoms with Crippen LogP contribution < -0.4 is 11.2 Å². The Morgan fingerprint density at radius 3 is 2.86 bits per heavy atom. The summed E-state index contributed by atoms with van der Waals surface area (Å²) in [5.41, 5.74) is 10.3. The fraction of sp³-hybridized carbons (Fsp3) is 0.200. The minimum Gasteiger partial charge on any atom is -0.350 e. The number of benzene rings is 1. The van der Waals surface area contributed by atoms with Gasteiger partial charge in [-0.15, -0.1) is 0 Å². The molecular formula is C10H13N3O. The summed E-state index contributed by atoms with van der Waals surface area (Å²) in [5.74, 6) is 0. The molecular weight excluding hydrogens is 178 g/mol. The number of nitrogens with zero attached hydrogens (tertiary/aromatic N) is 1. The van der Waals surface area contributed by atoms with Gasteiger partial charge in [-0.3, -0.25) is 0 Å². The van der Waals surface area contributed by atoms with Crippen LogP contribution in [0.5, 0.6) is 0 Å². The number of nitrogens with two attached hydrogens (primary N) is 1. The maximum absolute atomic E-state index is 10.3. The molecule has 4 nitrogen and oxygen atoms in total. The summed E-state index contributed by atoms with van der Waals surface area (Å²) in [6.07, 6.45) is 1.58. The van der Waals surface area contributed by atoms with Gasteiger partial charge in [0.2, 0.25) is 0 Å². The van der Waals surface area contributed by atoms with E-state index in [9.17, 15) is 4.79 Å². The summed E-state index contributed by atoms with van der Waals surface area (Å²) in [4.78, 5) is 10.3. The molecule has 1 rings (SSSR count). The number of hydrogen-bond acceptors (Lipinski definition) is 2. The zero-order chi connectivity index (χ0) is 10.6. The molecule has 0 saturated carbocycles. The number of hydrazone groups is 1. The summed E-state index contributed by atoms with van der Waals surface area (Å²) in [6.45, 7) is 4.02. The molecule has 0 unspecified atom stereocenters. The topological polar surface area (TPSA) is 67.5 Å². The first-order chi connectivity index (χ1) is 6.61. The molecule has 0 saturated heterocycles. The second-order valence-corrected chi connectivity index (χ2v) is 3.02. The Morgan fingerprint density at radius 2 is 2.21 bits per heavy atom. The van der Waals surface area contributed by atoms with Crippen molar-refractivity contribution in [3.63, 3.8) is 0 Å². The molecule has 1 aromatic rings. The van der Waals surface area contributed by atoms with Crippen LogP contribution in [0.4, 0.5) is 4.79 Å². The van der Waals surface area contributed by atoms with Crippen molar-refractivity contribution in [2.24, 2.45) is 10.8 Å². The van der Waals surface area contributed by atoms with E-state index < -0.39 is 6.03 Å². The average Bonchev–Trinajstić information content (AvgIpc) is 2.12. The van der Waals surface area contributed by atoms with Gasteiger partial charge >= 0.3 is 6.03 Å². The zero-order valence-corrected chi connectivity index (χ0v) is 8.24. The van der Waals surface area contributed by atoms with Crippen LogP contribution in [0.15, 0.2) is 23.3 Å². The number of carbonyl (C=O) groups excluding carboxylic acids is 1. The van der Waals surface area contributed by atoms with Gasteiger partial charge in [0, 0.05) is 0 Å². The number of amides is 2. The zero-order valence-electron chi connectivity index (χ0n) is 8.24. The molecule has 0 fully saturated rings. The van der Waals surface area contributed by atoms with Crippen molar-refractivity contribution in [3.8, 4) is 0 Å². The van der Waals surface area contributed by atoms with Gasteiger partial charge in [-0.2, -0.15) is 5.10 Å². The Bertz CT molecular complexity index is 372. The standard InChI is InChI=1S/C10H13N3O/c1-7-4-3-5-9(8(7)2)6-12-13-10(11)14/h3-6H,1-2H3,(H3,11,13,14). The molecule has 0 bridgehead atoms. The van der Waals surface area contributed by atoms with Gasteiger partial charge in [-0.1, -0.05) is 18.2 Å². The number of urea groups is 1. The average molecular weight is 191 g/mol. The van der Waals surface area contributed by atoms with Crippen LogP contribution in [-0.4, -0.2) is 12.2 Å². The number of aryl methyl sites for hydroxylation is 1. The summed E-state index contributed by atoms with van der Waals surface area (Å²) >= 11 is 0. The molecule has 4 heteroatoms. The normalized spacial score (nSPS) is 10.4. The fourth-order valence-electron chi connectivity index (χ4n) is 1.08. The smallest absolute Gasteiger partial charge is 0.332 e. The Hall–Kier alpha value is -1.84. The fourth-order valence-corrected chi connectivity index (χ4v) is 1.08. The van der Waals surface area contributed by atoms with Crippen LogP contribution in [-0.2, 0) is 0 Å². The van der Waals surface area contributed by atoms with Gasteiger partial charge < -0.3 is 5.73 Å². The predicted octanol–water partition coefficient (Wildman–Crippen LogP) is 1.31. The lowest BCUT2D eigenvalue weighted by molar-refractivity contribution is 0.249. The van der Waals surface area contributed by atoms with E-state index in [1.807, 2.05) is 32.0 Å². The molecule has 3 N–H and O–H groups in total. The molecule has 14 heavy (non-hydrogen) atoms. The van der Waals surface area contributed by atoms with Crippen molar-refractivity contribution in [1.82, 2.24) is 5.43 Å². The van der Waals surface area contributed by atoms with Gasteiger partial charge in [0.15, 0.2) is 0 Å². The quantitative estimate of drug-likeness (QED) is 0.537. The lowest BCUT2D eigenvalue weighted by Crippen LogP contribution is -2.24. The third-order valence-electron chi connectivity index (χ3n) is 2.02. The van der Waals surface area contributed by atoms with Crippen molar-refractivity contribution >= 4 is 12.2 Å². The van der Waals surface area contributed by atoms with E-state index in [-0.39, 0.29) is 0 Å². The number of nitrogens with one attached hydrogen (secondary N) is 1. The molecule has 2 amide bonds. The second-order valence-electron chi connectivity index (χ2n) is 3.02. The van der Waals surface area contributed by atoms with Crippen LogP contribution in [0.3, 0.4) is 0 Å². The molecule has 0 aromatic heterocycles. The molecule has 1 aromatic carbocycles. The first-order valence-electron chi connectivity index (χ1n) is 4.26. The van der Waals surface area contributed by atoms with E-state index in [0.29, 0.717) is 0 Å².